The molecule has 0 atom stereocenters. The molecule has 0 unspecified atom stereocenters. The average molecular weight is 278 g/mol. The Morgan fingerprint density at radius 3 is 2.25 bits per heavy atom. The zero-order valence-electron chi connectivity index (χ0n) is 12.0. The predicted octanol–water partition coefficient (Wildman–Crippen LogP) is 3.24. The SMILES string of the molecule is CCCCCOC(=O)CCC(=O)OCc1ccccc1. The largest absolute Gasteiger partial charge is 0.466 e. The average Bonchev–Trinajstić information content (AvgIpc) is 2.48. The summed E-state index contributed by atoms with van der Waals surface area (Å²) in [5.74, 6) is -0.711. The molecule has 0 aliphatic heterocycles. The molecule has 4 nitrogen and oxygen atoms in total. The zero-order chi connectivity index (χ0) is 14.6. The van der Waals surface area contributed by atoms with Crippen LogP contribution in [0.25, 0.3) is 0 Å². The standard InChI is InChI=1S/C16H22O4/c1-2-3-7-12-19-15(17)10-11-16(18)20-13-14-8-5-4-6-9-14/h4-6,8-9H,2-3,7,10-13H2,1H3. The van der Waals surface area contributed by atoms with Crippen molar-refractivity contribution >= 4 is 11.9 Å². The minimum absolute atomic E-state index is 0.0689. The van der Waals surface area contributed by atoms with Crippen LogP contribution in [0.4, 0.5) is 0 Å². The van der Waals surface area contributed by atoms with Crippen LogP contribution in [0.1, 0.15) is 44.6 Å². The summed E-state index contributed by atoms with van der Waals surface area (Å²) in [6, 6.07) is 9.44. The lowest BCUT2D eigenvalue weighted by molar-refractivity contribution is -0.151. The molecule has 0 fully saturated rings. The van der Waals surface area contributed by atoms with Crippen LogP contribution in [0, 0.1) is 0 Å². The third-order valence-electron chi connectivity index (χ3n) is 2.79. The summed E-state index contributed by atoms with van der Waals surface area (Å²) < 4.78 is 10.1. The molecule has 1 rings (SSSR count). The van der Waals surface area contributed by atoms with Crippen LogP contribution < -0.4 is 0 Å². The van der Waals surface area contributed by atoms with Crippen molar-refractivity contribution in [1.29, 1.82) is 0 Å². The maximum Gasteiger partial charge on any atom is 0.306 e. The number of benzene rings is 1. The van der Waals surface area contributed by atoms with Gasteiger partial charge in [0.25, 0.3) is 0 Å². The Hall–Kier alpha value is -1.84. The number of rotatable bonds is 9. The Bertz CT molecular complexity index is 400. The Morgan fingerprint density at radius 2 is 1.60 bits per heavy atom. The van der Waals surface area contributed by atoms with Gasteiger partial charge in [-0.25, -0.2) is 0 Å². The van der Waals surface area contributed by atoms with Crippen molar-refractivity contribution in [1.82, 2.24) is 0 Å². The van der Waals surface area contributed by atoms with Crippen molar-refractivity contribution in [2.24, 2.45) is 0 Å². The van der Waals surface area contributed by atoms with E-state index in [0.717, 1.165) is 24.8 Å². The van der Waals surface area contributed by atoms with Crippen molar-refractivity contribution < 1.29 is 19.1 Å². The van der Waals surface area contributed by atoms with Crippen molar-refractivity contribution in [3.63, 3.8) is 0 Å². The monoisotopic (exact) mass is 278 g/mol. The number of unbranched alkanes of at least 4 members (excludes halogenated alkanes) is 2. The van der Waals surface area contributed by atoms with E-state index in [4.69, 9.17) is 9.47 Å². The first-order valence-corrected chi connectivity index (χ1v) is 7.07. The summed E-state index contributed by atoms with van der Waals surface area (Å²) in [5.41, 5.74) is 0.933. The van der Waals surface area contributed by atoms with Crippen LogP contribution in [-0.2, 0) is 25.7 Å². The van der Waals surface area contributed by atoms with Gasteiger partial charge in [-0.05, 0) is 12.0 Å². The summed E-state index contributed by atoms with van der Waals surface area (Å²) in [5, 5.41) is 0. The highest BCUT2D eigenvalue weighted by Crippen LogP contribution is 2.03. The molecule has 20 heavy (non-hydrogen) atoms. The van der Waals surface area contributed by atoms with Gasteiger partial charge in [-0.2, -0.15) is 0 Å². The quantitative estimate of drug-likeness (QED) is 0.514. The number of hydrogen-bond donors (Lipinski definition) is 0. The van der Waals surface area contributed by atoms with Crippen LogP contribution >= 0.6 is 0 Å². The van der Waals surface area contributed by atoms with E-state index >= 15 is 0 Å². The van der Waals surface area contributed by atoms with Crippen LogP contribution in [0.3, 0.4) is 0 Å². The predicted molar refractivity (Wildman–Crippen MR) is 76.0 cm³/mol. The molecule has 0 bridgehead atoms. The topological polar surface area (TPSA) is 52.6 Å². The second kappa shape index (κ2) is 10.0. The first-order valence-electron chi connectivity index (χ1n) is 7.07. The second-order valence-electron chi connectivity index (χ2n) is 4.57. The van der Waals surface area contributed by atoms with E-state index < -0.39 is 0 Å². The molecule has 0 heterocycles. The molecule has 0 aliphatic rings. The van der Waals surface area contributed by atoms with E-state index in [2.05, 4.69) is 6.92 Å². The molecular formula is C16H22O4. The van der Waals surface area contributed by atoms with Crippen LogP contribution in [-0.4, -0.2) is 18.5 Å². The molecule has 0 aliphatic carbocycles. The number of esters is 2. The Morgan fingerprint density at radius 1 is 0.950 bits per heavy atom. The van der Waals surface area contributed by atoms with Crippen LogP contribution in [0.5, 0.6) is 0 Å². The van der Waals surface area contributed by atoms with E-state index in [1.54, 1.807) is 0 Å². The maximum atomic E-state index is 11.5. The minimum atomic E-state index is -0.376. The molecule has 110 valence electrons. The van der Waals surface area contributed by atoms with Crippen LogP contribution in [0.2, 0.25) is 0 Å². The molecular weight excluding hydrogens is 256 g/mol. The van der Waals surface area contributed by atoms with Crippen LogP contribution in [0.15, 0.2) is 30.3 Å². The van der Waals surface area contributed by atoms with Gasteiger partial charge < -0.3 is 9.47 Å². The van der Waals surface area contributed by atoms with Gasteiger partial charge in [-0.1, -0.05) is 50.1 Å². The molecule has 0 amide bonds. The fraction of sp³-hybridized carbons (Fsp3) is 0.500. The normalized spacial score (nSPS) is 10.1. The van der Waals surface area contributed by atoms with Crippen molar-refractivity contribution in [3.05, 3.63) is 35.9 Å². The van der Waals surface area contributed by atoms with Gasteiger partial charge in [0, 0.05) is 0 Å². The van der Waals surface area contributed by atoms with Crippen molar-refractivity contribution in [2.45, 2.75) is 45.6 Å². The Kier molecular flexibility index (Phi) is 8.11. The lowest BCUT2D eigenvalue weighted by atomic mass is 10.2. The maximum absolute atomic E-state index is 11.5. The Balaban J connectivity index is 2.09. The van der Waals surface area contributed by atoms with Gasteiger partial charge in [0.1, 0.15) is 6.61 Å². The third kappa shape index (κ3) is 7.56. The summed E-state index contributed by atoms with van der Waals surface area (Å²) in [6.07, 6.45) is 3.16. The summed E-state index contributed by atoms with van der Waals surface area (Å²) in [7, 11) is 0. The summed E-state index contributed by atoms with van der Waals surface area (Å²) in [4.78, 5) is 22.8. The molecule has 0 aromatic heterocycles. The van der Waals surface area contributed by atoms with Gasteiger partial charge >= 0.3 is 11.9 Å². The Labute approximate surface area is 120 Å². The summed E-state index contributed by atoms with van der Waals surface area (Å²) in [6.45, 7) is 2.77. The zero-order valence-corrected chi connectivity index (χ0v) is 12.0. The lowest BCUT2D eigenvalue weighted by Crippen LogP contribution is -2.11. The molecule has 0 spiro atoms. The molecule has 1 aromatic rings. The molecule has 0 radical (unpaired) electrons. The van der Waals surface area contributed by atoms with E-state index in [1.165, 1.54) is 0 Å². The van der Waals surface area contributed by atoms with E-state index in [0.29, 0.717) is 6.61 Å². The number of carbonyl (C=O) groups excluding carboxylic acids is 2. The van der Waals surface area contributed by atoms with Crippen molar-refractivity contribution in [2.75, 3.05) is 6.61 Å². The highest BCUT2D eigenvalue weighted by Gasteiger charge is 2.09. The van der Waals surface area contributed by atoms with Crippen molar-refractivity contribution in [3.8, 4) is 0 Å². The molecule has 0 saturated carbocycles. The highest BCUT2D eigenvalue weighted by molar-refractivity contribution is 5.77. The third-order valence-corrected chi connectivity index (χ3v) is 2.79. The fourth-order valence-electron chi connectivity index (χ4n) is 1.62. The van der Waals surface area contributed by atoms with Gasteiger partial charge in [0.2, 0.25) is 0 Å². The molecule has 0 N–H and O–H groups in total. The number of hydrogen-bond acceptors (Lipinski definition) is 4. The van der Waals surface area contributed by atoms with E-state index in [1.807, 2.05) is 30.3 Å². The van der Waals surface area contributed by atoms with Gasteiger partial charge in [0.15, 0.2) is 0 Å². The van der Waals surface area contributed by atoms with E-state index in [9.17, 15) is 9.59 Å². The van der Waals surface area contributed by atoms with Gasteiger partial charge in [-0.3, -0.25) is 9.59 Å². The van der Waals surface area contributed by atoms with Gasteiger partial charge in [-0.15, -0.1) is 0 Å². The molecule has 4 heteroatoms. The highest BCUT2D eigenvalue weighted by atomic mass is 16.5. The minimum Gasteiger partial charge on any atom is -0.466 e. The molecule has 1 aromatic carbocycles. The lowest BCUT2D eigenvalue weighted by Gasteiger charge is -2.05. The fourth-order valence-corrected chi connectivity index (χ4v) is 1.62. The molecule has 0 saturated heterocycles. The van der Waals surface area contributed by atoms with E-state index in [-0.39, 0.29) is 31.4 Å². The summed E-state index contributed by atoms with van der Waals surface area (Å²) >= 11 is 0. The number of ether oxygens (including phenoxy) is 2. The first kappa shape index (κ1) is 16.2. The smallest absolute Gasteiger partial charge is 0.306 e. The second-order valence-corrected chi connectivity index (χ2v) is 4.57. The number of carbonyl (C=O) groups is 2. The van der Waals surface area contributed by atoms with Gasteiger partial charge in [0.05, 0.1) is 19.4 Å². The first-order chi connectivity index (χ1) is 9.72.